The molecule has 134 valence electrons. The number of amides is 1. The molecule has 1 saturated heterocycles. The lowest BCUT2D eigenvalue weighted by atomic mass is 10.0. The highest BCUT2D eigenvalue weighted by molar-refractivity contribution is 5.92. The maximum absolute atomic E-state index is 12.7. The van der Waals surface area contributed by atoms with Gasteiger partial charge in [0.15, 0.2) is 5.69 Å². The van der Waals surface area contributed by atoms with Gasteiger partial charge in [-0.1, -0.05) is 47.7 Å². The Hall–Kier alpha value is -2.73. The second-order valence-electron chi connectivity index (χ2n) is 6.70. The van der Waals surface area contributed by atoms with Gasteiger partial charge in [-0.2, -0.15) is 0 Å². The average molecular weight is 350 g/mol. The van der Waals surface area contributed by atoms with Crippen molar-refractivity contribution in [3.8, 4) is 0 Å². The summed E-state index contributed by atoms with van der Waals surface area (Å²) >= 11 is 0. The molecule has 0 bridgehead atoms. The number of hydrogen-bond donors (Lipinski definition) is 0. The summed E-state index contributed by atoms with van der Waals surface area (Å²) in [7, 11) is 1.84. The SMILES string of the molecule is CN(C(=O)c1cn(Cc2cccc3ccccc23)nn1)C1CCOCC1. The van der Waals surface area contributed by atoms with Gasteiger partial charge in [0.05, 0.1) is 12.7 Å². The molecule has 6 nitrogen and oxygen atoms in total. The number of aromatic nitrogens is 3. The Morgan fingerprint density at radius 2 is 1.96 bits per heavy atom. The molecule has 0 spiro atoms. The van der Waals surface area contributed by atoms with Crippen LogP contribution in [0.3, 0.4) is 0 Å². The fourth-order valence-corrected chi connectivity index (χ4v) is 3.50. The van der Waals surface area contributed by atoms with Crippen molar-refractivity contribution in [1.29, 1.82) is 0 Å². The molecule has 3 aromatic rings. The number of benzene rings is 2. The summed E-state index contributed by atoms with van der Waals surface area (Å²) in [6, 6.07) is 14.7. The van der Waals surface area contributed by atoms with Crippen molar-refractivity contribution in [1.82, 2.24) is 19.9 Å². The molecule has 1 fully saturated rings. The van der Waals surface area contributed by atoms with Crippen molar-refractivity contribution in [3.05, 3.63) is 59.9 Å². The van der Waals surface area contributed by atoms with Crippen molar-refractivity contribution in [2.45, 2.75) is 25.4 Å². The van der Waals surface area contributed by atoms with Gasteiger partial charge in [0, 0.05) is 26.3 Å². The van der Waals surface area contributed by atoms with Gasteiger partial charge < -0.3 is 9.64 Å². The second kappa shape index (κ2) is 7.25. The minimum atomic E-state index is -0.0823. The zero-order valence-electron chi connectivity index (χ0n) is 14.8. The molecule has 0 aliphatic carbocycles. The van der Waals surface area contributed by atoms with Crippen LogP contribution in [0, 0.1) is 0 Å². The van der Waals surface area contributed by atoms with E-state index in [1.165, 1.54) is 10.8 Å². The molecule has 1 aliphatic rings. The molecule has 1 amide bonds. The Labute approximate surface area is 152 Å². The third-order valence-corrected chi connectivity index (χ3v) is 5.03. The smallest absolute Gasteiger partial charge is 0.276 e. The summed E-state index contributed by atoms with van der Waals surface area (Å²) < 4.78 is 7.10. The summed E-state index contributed by atoms with van der Waals surface area (Å²) in [6.45, 7) is 1.99. The van der Waals surface area contributed by atoms with E-state index in [0.717, 1.165) is 18.4 Å². The van der Waals surface area contributed by atoms with E-state index >= 15 is 0 Å². The molecule has 6 heteroatoms. The predicted octanol–water partition coefficient (Wildman–Crippen LogP) is 2.73. The molecular formula is C20H22N4O2. The molecule has 0 atom stereocenters. The lowest BCUT2D eigenvalue weighted by Gasteiger charge is -2.30. The number of carbonyl (C=O) groups is 1. The van der Waals surface area contributed by atoms with Crippen molar-refractivity contribution in [2.75, 3.05) is 20.3 Å². The summed E-state index contributed by atoms with van der Waals surface area (Å²) in [5.74, 6) is -0.0823. The molecule has 0 radical (unpaired) electrons. The highest BCUT2D eigenvalue weighted by Crippen LogP contribution is 2.19. The molecule has 2 aromatic carbocycles. The predicted molar refractivity (Wildman–Crippen MR) is 99.0 cm³/mol. The number of fused-ring (bicyclic) bond motifs is 1. The maximum Gasteiger partial charge on any atom is 0.276 e. The van der Waals surface area contributed by atoms with Gasteiger partial charge in [-0.25, -0.2) is 4.68 Å². The Bertz CT molecular complexity index is 910. The third-order valence-electron chi connectivity index (χ3n) is 5.03. The van der Waals surface area contributed by atoms with Crippen molar-refractivity contribution in [2.24, 2.45) is 0 Å². The van der Waals surface area contributed by atoms with Crippen LogP contribution < -0.4 is 0 Å². The first kappa shape index (κ1) is 16.7. The van der Waals surface area contributed by atoms with Gasteiger partial charge in [-0.15, -0.1) is 5.10 Å². The number of carbonyl (C=O) groups excluding carboxylic acids is 1. The molecule has 0 N–H and O–H groups in total. The van der Waals surface area contributed by atoms with Gasteiger partial charge in [0.1, 0.15) is 0 Å². The molecule has 0 saturated carbocycles. The first-order valence-corrected chi connectivity index (χ1v) is 8.94. The lowest BCUT2D eigenvalue weighted by Crippen LogP contribution is -2.40. The van der Waals surface area contributed by atoms with Crippen molar-refractivity contribution >= 4 is 16.7 Å². The zero-order valence-corrected chi connectivity index (χ0v) is 14.8. The van der Waals surface area contributed by atoms with Crippen LogP contribution in [-0.2, 0) is 11.3 Å². The van der Waals surface area contributed by atoms with Crippen LogP contribution in [0.4, 0.5) is 0 Å². The first-order valence-electron chi connectivity index (χ1n) is 8.94. The van der Waals surface area contributed by atoms with Crippen molar-refractivity contribution in [3.63, 3.8) is 0 Å². The van der Waals surface area contributed by atoms with Gasteiger partial charge in [0.25, 0.3) is 5.91 Å². The van der Waals surface area contributed by atoms with E-state index in [2.05, 4.69) is 34.6 Å². The molecule has 2 heterocycles. The van der Waals surface area contributed by atoms with Crippen LogP contribution >= 0.6 is 0 Å². The molecule has 1 aliphatic heterocycles. The Morgan fingerprint density at radius 1 is 1.19 bits per heavy atom. The molecule has 4 rings (SSSR count). The number of rotatable bonds is 4. The normalized spacial score (nSPS) is 15.3. The first-order chi connectivity index (χ1) is 12.7. The summed E-state index contributed by atoms with van der Waals surface area (Å²) in [5, 5.41) is 10.6. The van der Waals surface area contributed by atoms with Crippen LogP contribution in [0.25, 0.3) is 10.8 Å². The van der Waals surface area contributed by atoms with Crippen LogP contribution in [0.2, 0.25) is 0 Å². The number of hydrogen-bond acceptors (Lipinski definition) is 4. The van der Waals surface area contributed by atoms with E-state index in [4.69, 9.17) is 4.74 Å². The maximum atomic E-state index is 12.7. The summed E-state index contributed by atoms with van der Waals surface area (Å²) in [5.41, 5.74) is 1.55. The van der Waals surface area contributed by atoms with Gasteiger partial charge >= 0.3 is 0 Å². The third kappa shape index (κ3) is 3.32. The lowest BCUT2D eigenvalue weighted by molar-refractivity contribution is 0.0359. The second-order valence-corrected chi connectivity index (χ2v) is 6.70. The number of nitrogens with zero attached hydrogens (tertiary/aromatic N) is 4. The fourth-order valence-electron chi connectivity index (χ4n) is 3.50. The molecule has 26 heavy (non-hydrogen) atoms. The Morgan fingerprint density at radius 3 is 2.81 bits per heavy atom. The molecule has 1 aromatic heterocycles. The van der Waals surface area contributed by atoms with E-state index in [-0.39, 0.29) is 11.9 Å². The van der Waals surface area contributed by atoms with Gasteiger partial charge in [-0.05, 0) is 29.2 Å². The monoisotopic (exact) mass is 350 g/mol. The van der Waals surface area contributed by atoms with E-state index in [1.54, 1.807) is 15.8 Å². The standard InChI is InChI=1S/C20H22N4O2/c1-23(17-9-11-26-12-10-17)20(25)19-14-24(22-21-19)13-16-7-4-6-15-5-2-3-8-18(15)16/h2-8,14,17H,9-13H2,1H3. The highest BCUT2D eigenvalue weighted by Gasteiger charge is 2.25. The van der Waals surface area contributed by atoms with E-state index < -0.39 is 0 Å². The zero-order chi connectivity index (χ0) is 17.9. The van der Waals surface area contributed by atoms with E-state index in [0.29, 0.717) is 25.5 Å². The van der Waals surface area contributed by atoms with Crippen LogP contribution in [0.1, 0.15) is 28.9 Å². The molecular weight excluding hydrogens is 328 g/mol. The fraction of sp³-hybridized carbons (Fsp3) is 0.350. The van der Waals surface area contributed by atoms with Gasteiger partial charge in [-0.3, -0.25) is 4.79 Å². The van der Waals surface area contributed by atoms with E-state index in [9.17, 15) is 4.79 Å². The molecule has 0 unspecified atom stereocenters. The van der Waals surface area contributed by atoms with Crippen LogP contribution in [0.5, 0.6) is 0 Å². The highest BCUT2D eigenvalue weighted by atomic mass is 16.5. The summed E-state index contributed by atoms with van der Waals surface area (Å²) in [6.07, 6.45) is 3.47. The summed E-state index contributed by atoms with van der Waals surface area (Å²) in [4.78, 5) is 14.5. The number of ether oxygens (including phenoxy) is 1. The van der Waals surface area contributed by atoms with Crippen molar-refractivity contribution < 1.29 is 9.53 Å². The van der Waals surface area contributed by atoms with Crippen LogP contribution in [0.15, 0.2) is 48.7 Å². The Balaban J connectivity index is 1.51. The largest absolute Gasteiger partial charge is 0.381 e. The van der Waals surface area contributed by atoms with E-state index in [1.807, 2.05) is 25.2 Å². The average Bonchev–Trinajstić information content (AvgIpc) is 3.16. The topological polar surface area (TPSA) is 60.2 Å². The minimum Gasteiger partial charge on any atom is -0.381 e. The Kier molecular flexibility index (Phi) is 4.67. The minimum absolute atomic E-state index is 0.0823. The van der Waals surface area contributed by atoms with Crippen LogP contribution in [-0.4, -0.2) is 52.1 Å². The van der Waals surface area contributed by atoms with Gasteiger partial charge in [0.2, 0.25) is 0 Å². The quantitative estimate of drug-likeness (QED) is 0.726.